The summed E-state index contributed by atoms with van der Waals surface area (Å²) >= 11 is 1.79. The fraction of sp³-hybridized carbons (Fsp3) is 0.350. The zero-order valence-corrected chi connectivity index (χ0v) is 14.4. The smallest absolute Gasteiger partial charge is 0.251 e. The highest BCUT2D eigenvalue weighted by Gasteiger charge is 2.38. The minimum Gasteiger partial charge on any atom is -0.351 e. The SMILES string of the molecule is CSCc1ccc(C(=O)NCC2(c3ccccc3)CCC2)cc1. The largest absolute Gasteiger partial charge is 0.351 e. The van der Waals surface area contributed by atoms with E-state index in [2.05, 4.69) is 35.8 Å². The van der Waals surface area contributed by atoms with Crippen molar-refractivity contribution >= 4 is 17.7 Å². The number of rotatable bonds is 6. The number of amides is 1. The molecule has 2 aromatic carbocycles. The molecule has 0 aliphatic heterocycles. The molecule has 120 valence electrons. The first-order valence-electron chi connectivity index (χ1n) is 8.15. The Bertz CT molecular complexity index is 647. The molecule has 0 spiro atoms. The molecule has 0 unspecified atom stereocenters. The van der Waals surface area contributed by atoms with E-state index in [1.54, 1.807) is 11.8 Å². The number of nitrogens with one attached hydrogen (secondary N) is 1. The Labute approximate surface area is 142 Å². The van der Waals surface area contributed by atoms with Crippen LogP contribution in [0.3, 0.4) is 0 Å². The molecule has 1 N–H and O–H groups in total. The fourth-order valence-electron chi connectivity index (χ4n) is 3.23. The van der Waals surface area contributed by atoms with Gasteiger partial charge in [-0.2, -0.15) is 11.8 Å². The van der Waals surface area contributed by atoms with Crippen molar-refractivity contribution in [1.82, 2.24) is 5.32 Å². The lowest BCUT2D eigenvalue weighted by Gasteiger charge is -2.42. The van der Waals surface area contributed by atoms with Gasteiger partial charge in [0.15, 0.2) is 0 Å². The van der Waals surface area contributed by atoms with E-state index >= 15 is 0 Å². The van der Waals surface area contributed by atoms with Crippen LogP contribution >= 0.6 is 11.8 Å². The normalized spacial score (nSPS) is 15.7. The van der Waals surface area contributed by atoms with E-state index in [0.29, 0.717) is 0 Å². The van der Waals surface area contributed by atoms with Crippen LogP contribution < -0.4 is 5.32 Å². The first-order valence-corrected chi connectivity index (χ1v) is 9.54. The highest BCUT2D eigenvalue weighted by atomic mass is 32.2. The van der Waals surface area contributed by atoms with E-state index in [1.807, 2.05) is 30.3 Å². The zero-order valence-electron chi connectivity index (χ0n) is 13.5. The molecule has 0 aromatic heterocycles. The maximum atomic E-state index is 12.4. The average Bonchev–Trinajstić information content (AvgIpc) is 2.56. The topological polar surface area (TPSA) is 29.1 Å². The molecule has 1 amide bonds. The third kappa shape index (κ3) is 3.61. The zero-order chi connectivity index (χ0) is 16.1. The molecule has 23 heavy (non-hydrogen) atoms. The van der Waals surface area contributed by atoms with Crippen LogP contribution in [0.1, 0.15) is 40.7 Å². The van der Waals surface area contributed by atoms with Crippen LogP contribution in [0.2, 0.25) is 0 Å². The second kappa shape index (κ2) is 7.22. The summed E-state index contributed by atoms with van der Waals surface area (Å²) in [7, 11) is 0. The van der Waals surface area contributed by atoms with Crippen LogP contribution in [0, 0.1) is 0 Å². The molecular formula is C20H23NOS. The molecule has 3 heteroatoms. The lowest BCUT2D eigenvalue weighted by atomic mass is 9.64. The molecule has 0 heterocycles. The summed E-state index contributed by atoms with van der Waals surface area (Å²) in [6.07, 6.45) is 5.64. The van der Waals surface area contributed by atoms with Gasteiger partial charge in [-0.05, 0) is 42.4 Å². The minimum atomic E-state index is 0.0305. The maximum absolute atomic E-state index is 12.4. The molecule has 2 nitrogen and oxygen atoms in total. The van der Waals surface area contributed by atoms with Crippen molar-refractivity contribution in [2.24, 2.45) is 0 Å². The monoisotopic (exact) mass is 325 g/mol. The van der Waals surface area contributed by atoms with Crippen LogP contribution in [0.5, 0.6) is 0 Å². The highest BCUT2D eigenvalue weighted by Crippen LogP contribution is 2.43. The van der Waals surface area contributed by atoms with Crippen molar-refractivity contribution in [2.75, 3.05) is 12.8 Å². The molecular weight excluding hydrogens is 302 g/mol. The van der Waals surface area contributed by atoms with Gasteiger partial charge in [0.25, 0.3) is 5.91 Å². The second-order valence-corrected chi connectivity index (χ2v) is 7.18. The molecule has 1 aliphatic rings. The van der Waals surface area contributed by atoms with Crippen molar-refractivity contribution in [3.8, 4) is 0 Å². The standard InChI is InChI=1S/C20H23NOS/c1-23-14-16-8-10-17(11-9-16)19(22)21-15-20(12-5-13-20)18-6-3-2-4-7-18/h2-4,6-11H,5,12-15H2,1H3,(H,21,22). The quantitative estimate of drug-likeness (QED) is 0.853. The third-order valence-electron chi connectivity index (χ3n) is 4.81. The number of hydrogen-bond acceptors (Lipinski definition) is 2. The van der Waals surface area contributed by atoms with Crippen molar-refractivity contribution in [3.05, 3.63) is 71.3 Å². The fourth-order valence-corrected chi connectivity index (χ4v) is 3.76. The van der Waals surface area contributed by atoms with Crippen molar-refractivity contribution < 1.29 is 4.79 Å². The molecule has 1 saturated carbocycles. The lowest BCUT2D eigenvalue weighted by molar-refractivity contribution is 0.0928. The highest BCUT2D eigenvalue weighted by molar-refractivity contribution is 7.97. The van der Waals surface area contributed by atoms with Gasteiger partial charge >= 0.3 is 0 Å². The number of carbonyl (C=O) groups excluding carboxylic acids is 1. The molecule has 0 atom stereocenters. The predicted octanol–water partition coefficient (Wildman–Crippen LogP) is 4.40. The predicted molar refractivity (Wildman–Crippen MR) is 98.0 cm³/mol. The summed E-state index contributed by atoms with van der Waals surface area (Å²) in [5, 5.41) is 3.15. The van der Waals surface area contributed by atoms with Crippen LogP contribution in [-0.4, -0.2) is 18.7 Å². The second-order valence-electron chi connectivity index (χ2n) is 6.31. The number of carbonyl (C=O) groups is 1. The van der Waals surface area contributed by atoms with Crippen molar-refractivity contribution in [2.45, 2.75) is 30.4 Å². The Morgan fingerprint density at radius 2 is 1.78 bits per heavy atom. The van der Waals surface area contributed by atoms with Gasteiger partial charge in [-0.25, -0.2) is 0 Å². The summed E-state index contributed by atoms with van der Waals surface area (Å²) in [5.74, 6) is 1.02. The lowest BCUT2D eigenvalue weighted by Crippen LogP contribution is -2.45. The van der Waals surface area contributed by atoms with Crippen LogP contribution in [-0.2, 0) is 11.2 Å². The third-order valence-corrected chi connectivity index (χ3v) is 5.43. The first kappa shape index (κ1) is 16.1. The van der Waals surface area contributed by atoms with Crippen LogP contribution in [0.25, 0.3) is 0 Å². The number of hydrogen-bond donors (Lipinski definition) is 1. The van der Waals surface area contributed by atoms with Gasteiger partial charge in [-0.1, -0.05) is 48.9 Å². The van der Waals surface area contributed by atoms with Crippen molar-refractivity contribution in [3.63, 3.8) is 0 Å². The Balaban J connectivity index is 1.64. The molecule has 0 radical (unpaired) electrons. The summed E-state index contributed by atoms with van der Waals surface area (Å²) in [4.78, 5) is 12.4. The van der Waals surface area contributed by atoms with Gasteiger partial charge in [0.2, 0.25) is 0 Å². The Hall–Kier alpha value is -1.74. The molecule has 1 aliphatic carbocycles. The van der Waals surface area contributed by atoms with Gasteiger partial charge in [-0.3, -0.25) is 4.79 Å². The van der Waals surface area contributed by atoms with E-state index in [-0.39, 0.29) is 11.3 Å². The molecule has 1 fully saturated rings. The molecule has 0 saturated heterocycles. The van der Waals surface area contributed by atoms with E-state index in [4.69, 9.17) is 0 Å². The number of thioether (sulfide) groups is 1. The Morgan fingerprint density at radius 1 is 1.09 bits per heavy atom. The van der Waals surface area contributed by atoms with Gasteiger partial charge in [0.1, 0.15) is 0 Å². The number of benzene rings is 2. The molecule has 2 aromatic rings. The van der Waals surface area contributed by atoms with Gasteiger partial charge in [-0.15, -0.1) is 0 Å². The van der Waals surface area contributed by atoms with Crippen molar-refractivity contribution in [1.29, 1.82) is 0 Å². The summed E-state index contributed by atoms with van der Waals surface area (Å²) in [6, 6.07) is 18.5. The van der Waals surface area contributed by atoms with Gasteiger partial charge in [0, 0.05) is 23.3 Å². The summed E-state index contributed by atoms with van der Waals surface area (Å²) < 4.78 is 0. The minimum absolute atomic E-state index is 0.0305. The van der Waals surface area contributed by atoms with Gasteiger partial charge in [0.05, 0.1) is 0 Å². The summed E-state index contributed by atoms with van der Waals surface area (Å²) in [6.45, 7) is 0.725. The van der Waals surface area contributed by atoms with E-state index < -0.39 is 0 Å². The first-order chi connectivity index (χ1) is 11.2. The Morgan fingerprint density at radius 3 is 2.35 bits per heavy atom. The molecule has 3 rings (SSSR count). The maximum Gasteiger partial charge on any atom is 0.251 e. The average molecular weight is 325 g/mol. The van der Waals surface area contributed by atoms with Crippen LogP contribution in [0.4, 0.5) is 0 Å². The summed E-state index contributed by atoms with van der Waals surface area (Å²) in [5.41, 5.74) is 3.49. The van der Waals surface area contributed by atoms with Gasteiger partial charge < -0.3 is 5.32 Å². The Kier molecular flexibility index (Phi) is 5.06. The van der Waals surface area contributed by atoms with E-state index in [1.165, 1.54) is 17.5 Å². The molecule has 0 bridgehead atoms. The van der Waals surface area contributed by atoms with Crippen LogP contribution in [0.15, 0.2) is 54.6 Å². The van der Waals surface area contributed by atoms with E-state index in [9.17, 15) is 4.79 Å². The van der Waals surface area contributed by atoms with E-state index in [0.717, 1.165) is 30.7 Å².